The molecule has 0 bridgehead atoms. The fourth-order valence-corrected chi connectivity index (χ4v) is 3.71. The molecule has 1 fully saturated rings. The van der Waals surface area contributed by atoms with Crippen molar-refractivity contribution in [2.45, 2.75) is 44.0 Å². The molecule has 4 nitrogen and oxygen atoms in total. The van der Waals surface area contributed by atoms with Gasteiger partial charge in [0.2, 0.25) is 5.95 Å². The highest BCUT2D eigenvalue weighted by atomic mass is 32.2. The topological polar surface area (TPSA) is 39.1 Å². The maximum atomic E-state index is 5.14. The Morgan fingerprint density at radius 2 is 2.50 bits per heavy atom. The third kappa shape index (κ3) is 3.42. The first kappa shape index (κ1) is 13.7. The van der Waals surface area contributed by atoms with E-state index >= 15 is 0 Å². The lowest BCUT2D eigenvalue weighted by atomic mass is 10.1. The van der Waals surface area contributed by atoms with Crippen LogP contribution >= 0.6 is 11.8 Å². The standard InChI is InChI=1S/C13H23N3OS/c1-11(9-17-3)15-12-14-6-7-16(12)10-13(2)5-4-8-18-13/h6-7,11H,4-5,8-10H2,1-3H3,(H,14,15). The highest BCUT2D eigenvalue weighted by molar-refractivity contribution is 8.00. The van der Waals surface area contributed by atoms with E-state index in [0.29, 0.717) is 11.4 Å². The van der Waals surface area contributed by atoms with Crippen LogP contribution in [-0.4, -0.2) is 39.8 Å². The average molecular weight is 269 g/mol. The lowest BCUT2D eigenvalue weighted by Crippen LogP contribution is -2.27. The van der Waals surface area contributed by atoms with E-state index in [1.54, 1.807) is 7.11 Å². The largest absolute Gasteiger partial charge is 0.383 e. The van der Waals surface area contributed by atoms with Crippen molar-refractivity contribution in [2.75, 3.05) is 24.8 Å². The van der Waals surface area contributed by atoms with Gasteiger partial charge in [0.15, 0.2) is 0 Å². The van der Waals surface area contributed by atoms with Crippen LogP contribution in [0.5, 0.6) is 0 Å². The predicted molar refractivity (Wildman–Crippen MR) is 77.3 cm³/mol. The predicted octanol–water partition coefficient (Wildman–Crippen LogP) is 2.62. The maximum Gasteiger partial charge on any atom is 0.203 e. The number of ether oxygens (including phenoxy) is 1. The summed E-state index contributed by atoms with van der Waals surface area (Å²) in [6.45, 7) is 6.18. The molecule has 0 amide bonds. The van der Waals surface area contributed by atoms with E-state index in [1.807, 2.05) is 6.20 Å². The van der Waals surface area contributed by atoms with E-state index in [-0.39, 0.29) is 6.04 Å². The first-order valence-corrected chi connectivity index (χ1v) is 7.52. The Balaban J connectivity index is 1.99. The normalized spacial score (nSPS) is 25.3. The number of imidazole rings is 1. The Morgan fingerprint density at radius 3 is 3.17 bits per heavy atom. The monoisotopic (exact) mass is 269 g/mol. The molecule has 1 N–H and O–H groups in total. The van der Waals surface area contributed by atoms with E-state index in [0.717, 1.165) is 12.5 Å². The minimum absolute atomic E-state index is 0.278. The van der Waals surface area contributed by atoms with Crippen molar-refractivity contribution in [2.24, 2.45) is 0 Å². The number of thioether (sulfide) groups is 1. The second kappa shape index (κ2) is 5.97. The zero-order chi connectivity index (χ0) is 13.0. The number of hydrogen-bond donors (Lipinski definition) is 1. The van der Waals surface area contributed by atoms with E-state index in [2.05, 4.69) is 46.7 Å². The van der Waals surface area contributed by atoms with Gasteiger partial charge in [-0.05, 0) is 32.4 Å². The summed E-state index contributed by atoms with van der Waals surface area (Å²) in [4.78, 5) is 4.40. The number of aromatic nitrogens is 2. The number of rotatable bonds is 6. The Kier molecular flexibility index (Phi) is 4.56. The van der Waals surface area contributed by atoms with Crippen molar-refractivity contribution in [1.29, 1.82) is 0 Å². The molecule has 0 aliphatic carbocycles. The average Bonchev–Trinajstić information content (AvgIpc) is 2.90. The SMILES string of the molecule is COCC(C)Nc1nccn1CC1(C)CCCS1. The second-order valence-electron chi connectivity index (χ2n) is 5.28. The zero-order valence-corrected chi connectivity index (χ0v) is 12.3. The van der Waals surface area contributed by atoms with Crippen LogP contribution in [0.25, 0.3) is 0 Å². The van der Waals surface area contributed by atoms with Crippen LogP contribution < -0.4 is 5.32 Å². The first-order valence-electron chi connectivity index (χ1n) is 6.53. The van der Waals surface area contributed by atoms with Crippen LogP contribution in [0.3, 0.4) is 0 Å². The molecule has 1 aliphatic rings. The lowest BCUT2D eigenvalue weighted by Gasteiger charge is -2.25. The van der Waals surface area contributed by atoms with E-state index < -0.39 is 0 Å². The summed E-state index contributed by atoms with van der Waals surface area (Å²) in [6, 6.07) is 0.278. The summed E-state index contributed by atoms with van der Waals surface area (Å²) >= 11 is 2.08. The van der Waals surface area contributed by atoms with Crippen LogP contribution in [0.1, 0.15) is 26.7 Å². The number of methoxy groups -OCH3 is 1. The van der Waals surface area contributed by atoms with Gasteiger partial charge in [0, 0.05) is 36.8 Å². The van der Waals surface area contributed by atoms with Gasteiger partial charge >= 0.3 is 0 Å². The van der Waals surface area contributed by atoms with E-state index in [9.17, 15) is 0 Å². The summed E-state index contributed by atoms with van der Waals surface area (Å²) in [5.74, 6) is 2.24. The lowest BCUT2D eigenvalue weighted by molar-refractivity contribution is 0.190. The molecule has 1 aliphatic heterocycles. The van der Waals surface area contributed by atoms with Gasteiger partial charge in [-0.3, -0.25) is 0 Å². The smallest absolute Gasteiger partial charge is 0.203 e. The fourth-order valence-electron chi connectivity index (χ4n) is 2.41. The number of anilines is 1. The van der Waals surface area contributed by atoms with Gasteiger partial charge in [-0.2, -0.15) is 11.8 Å². The molecule has 5 heteroatoms. The summed E-state index contributed by atoms with van der Waals surface area (Å²) < 4.78 is 7.73. The van der Waals surface area contributed by atoms with Crippen molar-refractivity contribution in [1.82, 2.24) is 9.55 Å². The van der Waals surface area contributed by atoms with Crippen LogP contribution in [0.15, 0.2) is 12.4 Å². The van der Waals surface area contributed by atoms with Gasteiger partial charge in [-0.15, -0.1) is 0 Å². The molecule has 102 valence electrons. The molecule has 0 aromatic carbocycles. The zero-order valence-electron chi connectivity index (χ0n) is 11.5. The second-order valence-corrected chi connectivity index (χ2v) is 6.96. The molecule has 2 atom stereocenters. The Hall–Kier alpha value is -0.680. The molecule has 2 heterocycles. The third-order valence-electron chi connectivity index (χ3n) is 3.31. The summed E-state index contributed by atoms with van der Waals surface area (Å²) in [6.07, 6.45) is 6.55. The number of hydrogen-bond acceptors (Lipinski definition) is 4. The van der Waals surface area contributed by atoms with Crippen molar-refractivity contribution >= 4 is 17.7 Å². The number of nitrogens with one attached hydrogen (secondary N) is 1. The van der Waals surface area contributed by atoms with Crippen LogP contribution in [0.4, 0.5) is 5.95 Å². The van der Waals surface area contributed by atoms with Gasteiger partial charge in [0.25, 0.3) is 0 Å². The molecule has 2 rings (SSSR count). The molecule has 1 saturated heterocycles. The van der Waals surface area contributed by atoms with Crippen molar-refractivity contribution in [3.8, 4) is 0 Å². The molecular weight excluding hydrogens is 246 g/mol. The Bertz CT molecular complexity index is 374. The molecule has 1 aromatic rings. The number of nitrogens with zero attached hydrogens (tertiary/aromatic N) is 2. The highest BCUT2D eigenvalue weighted by Crippen LogP contribution is 2.39. The van der Waals surface area contributed by atoms with Gasteiger partial charge in [0.1, 0.15) is 0 Å². The maximum absolute atomic E-state index is 5.14. The minimum atomic E-state index is 0.278. The van der Waals surface area contributed by atoms with Crippen molar-refractivity contribution in [3.63, 3.8) is 0 Å². The Morgan fingerprint density at radius 1 is 1.67 bits per heavy atom. The quantitative estimate of drug-likeness (QED) is 0.861. The molecule has 0 spiro atoms. The minimum Gasteiger partial charge on any atom is -0.383 e. The highest BCUT2D eigenvalue weighted by Gasteiger charge is 2.30. The van der Waals surface area contributed by atoms with Gasteiger partial charge in [0.05, 0.1) is 6.61 Å². The van der Waals surface area contributed by atoms with Gasteiger partial charge in [-0.1, -0.05) is 0 Å². The fraction of sp³-hybridized carbons (Fsp3) is 0.769. The molecule has 0 radical (unpaired) electrons. The van der Waals surface area contributed by atoms with Gasteiger partial charge in [-0.25, -0.2) is 4.98 Å². The first-order chi connectivity index (χ1) is 8.63. The molecule has 18 heavy (non-hydrogen) atoms. The Labute approximate surface area is 114 Å². The molecule has 1 aromatic heterocycles. The van der Waals surface area contributed by atoms with Crippen LogP contribution in [0, 0.1) is 0 Å². The van der Waals surface area contributed by atoms with E-state index in [4.69, 9.17) is 4.74 Å². The molecule has 0 saturated carbocycles. The van der Waals surface area contributed by atoms with Crippen LogP contribution in [-0.2, 0) is 11.3 Å². The van der Waals surface area contributed by atoms with Crippen LogP contribution in [0.2, 0.25) is 0 Å². The van der Waals surface area contributed by atoms with E-state index in [1.165, 1.54) is 18.6 Å². The summed E-state index contributed by atoms with van der Waals surface area (Å²) in [5.41, 5.74) is 0. The van der Waals surface area contributed by atoms with Gasteiger partial charge < -0.3 is 14.6 Å². The third-order valence-corrected chi connectivity index (χ3v) is 4.84. The van der Waals surface area contributed by atoms with Crippen molar-refractivity contribution in [3.05, 3.63) is 12.4 Å². The molecule has 2 unspecified atom stereocenters. The van der Waals surface area contributed by atoms with Crippen molar-refractivity contribution < 1.29 is 4.74 Å². The summed E-state index contributed by atoms with van der Waals surface area (Å²) in [7, 11) is 1.72. The molecular formula is C13H23N3OS. The summed E-state index contributed by atoms with van der Waals surface area (Å²) in [5, 5.41) is 3.40.